The number of esters is 3. The predicted molar refractivity (Wildman–Crippen MR) is 172 cm³/mol. The largest absolute Gasteiger partial charge is 0.515 e. The highest BCUT2D eigenvalue weighted by molar-refractivity contribution is 6.79. The summed E-state index contributed by atoms with van der Waals surface area (Å²) in [5.74, 6) is -1.26. The standard InChI is InChI=1S/C13H26O2Si.C7H12O3.C7H12O2.C5H8O2/c1-9(2)13(14)15-16(10(3)4,11(5)6)12(7)8;1-6(2)7(8)10-5-4-9-3;1-3-5-6-9-7(8)4-2;1-4(2)5(6)7-3/h10-12H,1H2,2-8H3;1,4-5H2,2-3H3;4H,2-3,5-6H2,1H3;1H2,2-3H3. The Labute approximate surface area is 256 Å². The van der Waals surface area contributed by atoms with Crippen molar-refractivity contribution in [3.63, 3.8) is 0 Å². The monoisotopic (exact) mass is 614 g/mol. The van der Waals surface area contributed by atoms with Gasteiger partial charge in [-0.15, -0.1) is 0 Å². The molecule has 42 heavy (non-hydrogen) atoms. The summed E-state index contributed by atoms with van der Waals surface area (Å²) in [4.78, 5) is 43.0. The lowest BCUT2D eigenvalue weighted by Gasteiger charge is -2.41. The predicted octanol–water partition coefficient (Wildman–Crippen LogP) is 7.28. The quantitative estimate of drug-likeness (QED) is 0.0654. The van der Waals surface area contributed by atoms with Crippen LogP contribution in [-0.2, 0) is 42.6 Å². The molecule has 0 aromatic rings. The minimum Gasteiger partial charge on any atom is -0.515 e. The van der Waals surface area contributed by atoms with Crippen molar-refractivity contribution < 1.29 is 42.6 Å². The highest BCUT2D eigenvalue weighted by Gasteiger charge is 2.48. The molecule has 0 aromatic heterocycles. The summed E-state index contributed by atoms with van der Waals surface area (Å²) in [7, 11) is 0.817. The van der Waals surface area contributed by atoms with Crippen molar-refractivity contribution in [1.29, 1.82) is 0 Å². The molecule has 0 aliphatic rings. The Bertz CT molecular complexity index is 836. The highest BCUT2D eigenvalue weighted by Crippen LogP contribution is 2.42. The number of rotatable bonds is 14. The summed E-state index contributed by atoms with van der Waals surface area (Å²) in [5.41, 5.74) is 2.62. The summed E-state index contributed by atoms with van der Waals surface area (Å²) < 4.78 is 24.2. The molecule has 0 saturated heterocycles. The molecule has 0 bridgehead atoms. The molecule has 0 atom stereocenters. The number of hydrogen-bond acceptors (Lipinski definition) is 9. The van der Waals surface area contributed by atoms with Gasteiger partial charge in [0.15, 0.2) is 0 Å². The van der Waals surface area contributed by atoms with E-state index in [1.807, 2.05) is 6.92 Å². The maximum absolute atomic E-state index is 11.8. The summed E-state index contributed by atoms with van der Waals surface area (Å²) >= 11 is 0. The van der Waals surface area contributed by atoms with Gasteiger partial charge in [-0.05, 0) is 43.8 Å². The molecule has 0 heterocycles. The van der Waals surface area contributed by atoms with Crippen molar-refractivity contribution in [3.05, 3.63) is 49.1 Å². The molecule has 10 heteroatoms. The maximum Gasteiger partial charge on any atom is 0.333 e. The third kappa shape index (κ3) is 22.7. The minimum absolute atomic E-state index is 0.220. The summed E-state index contributed by atoms with van der Waals surface area (Å²) in [6, 6.07) is 0. The van der Waals surface area contributed by atoms with Crippen LogP contribution in [0.2, 0.25) is 16.6 Å². The molecule has 0 saturated carbocycles. The zero-order valence-electron chi connectivity index (χ0n) is 28.3. The summed E-state index contributed by atoms with van der Waals surface area (Å²) in [6.45, 7) is 34.9. The van der Waals surface area contributed by atoms with Gasteiger partial charge in [-0.1, -0.05) is 81.2 Å². The first-order chi connectivity index (χ1) is 19.3. The number of unbranched alkanes of at least 4 members (excludes halogenated alkanes) is 1. The van der Waals surface area contributed by atoms with E-state index in [-0.39, 0.29) is 23.9 Å². The lowest BCUT2D eigenvalue weighted by molar-refractivity contribution is -0.140. The average molecular weight is 615 g/mol. The van der Waals surface area contributed by atoms with Gasteiger partial charge in [0, 0.05) is 29.9 Å². The number of carbonyl (C=O) groups excluding carboxylic acids is 4. The zero-order valence-corrected chi connectivity index (χ0v) is 29.3. The number of hydrogen-bond donors (Lipinski definition) is 0. The van der Waals surface area contributed by atoms with Gasteiger partial charge in [0.1, 0.15) is 6.61 Å². The van der Waals surface area contributed by atoms with E-state index in [2.05, 4.69) is 86.8 Å². The molecule has 0 fully saturated rings. The van der Waals surface area contributed by atoms with E-state index in [9.17, 15) is 19.2 Å². The molecule has 0 N–H and O–H groups in total. The number of methoxy groups -OCH3 is 2. The molecule has 0 spiro atoms. The van der Waals surface area contributed by atoms with Gasteiger partial charge in [0.05, 0.1) is 20.3 Å². The molecule has 0 aromatic carbocycles. The van der Waals surface area contributed by atoms with Crippen LogP contribution in [0, 0.1) is 0 Å². The fraction of sp³-hybridized carbons (Fsp3) is 0.625. The topological polar surface area (TPSA) is 114 Å². The minimum atomic E-state index is -2.06. The molecular formula is C32H58O9Si. The molecule has 0 rings (SSSR count). The van der Waals surface area contributed by atoms with Crippen LogP contribution in [0.25, 0.3) is 0 Å². The van der Waals surface area contributed by atoms with Crippen LogP contribution in [0.5, 0.6) is 0 Å². The van der Waals surface area contributed by atoms with Gasteiger partial charge in [0.2, 0.25) is 0 Å². The number of carbonyl (C=O) groups is 4. The van der Waals surface area contributed by atoms with Crippen LogP contribution >= 0.6 is 0 Å². The van der Waals surface area contributed by atoms with Gasteiger partial charge in [-0.25, -0.2) is 19.2 Å². The third-order valence-electron chi connectivity index (χ3n) is 5.64. The average Bonchev–Trinajstić information content (AvgIpc) is 2.91. The van der Waals surface area contributed by atoms with Crippen molar-refractivity contribution in [3.8, 4) is 0 Å². The Balaban J connectivity index is -0.000000242. The van der Waals surface area contributed by atoms with Gasteiger partial charge in [-0.3, -0.25) is 0 Å². The van der Waals surface area contributed by atoms with Crippen LogP contribution in [0.15, 0.2) is 49.1 Å². The molecular weight excluding hydrogens is 556 g/mol. The first kappa shape index (κ1) is 46.0. The van der Waals surface area contributed by atoms with Crippen molar-refractivity contribution >= 4 is 32.2 Å². The van der Waals surface area contributed by atoms with Gasteiger partial charge >= 0.3 is 23.9 Å². The van der Waals surface area contributed by atoms with Crippen LogP contribution in [0.3, 0.4) is 0 Å². The maximum atomic E-state index is 11.8. The summed E-state index contributed by atoms with van der Waals surface area (Å²) in [5, 5.41) is 0. The van der Waals surface area contributed by atoms with Crippen molar-refractivity contribution in [2.75, 3.05) is 34.0 Å². The lowest BCUT2D eigenvalue weighted by atomic mass is 10.4. The Morgan fingerprint density at radius 1 is 0.690 bits per heavy atom. The second-order valence-electron chi connectivity index (χ2n) is 10.4. The van der Waals surface area contributed by atoms with Gasteiger partial charge in [0.25, 0.3) is 8.32 Å². The smallest absolute Gasteiger partial charge is 0.333 e. The van der Waals surface area contributed by atoms with Crippen molar-refractivity contribution in [1.82, 2.24) is 0 Å². The van der Waals surface area contributed by atoms with E-state index in [4.69, 9.17) is 4.43 Å². The van der Waals surface area contributed by atoms with Crippen molar-refractivity contribution in [2.45, 2.75) is 98.7 Å². The van der Waals surface area contributed by atoms with E-state index in [0.29, 0.717) is 53.2 Å². The first-order valence-electron chi connectivity index (χ1n) is 14.1. The molecule has 0 radical (unpaired) electrons. The zero-order chi connectivity index (χ0) is 34.1. The normalized spacial score (nSPS) is 9.98. The van der Waals surface area contributed by atoms with E-state index in [1.54, 1.807) is 27.9 Å². The molecule has 244 valence electrons. The Hall–Kier alpha value is -2.98. The van der Waals surface area contributed by atoms with Crippen LogP contribution in [-0.4, -0.2) is 66.2 Å². The van der Waals surface area contributed by atoms with E-state index >= 15 is 0 Å². The Morgan fingerprint density at radius 2 is 1.12 bits per heavy atom. The van der Waals surface area contributed by atoms with Crippen molar-refractivity contribution in [2.24, 2.45) is 0 Å². The second-order valence-corrected chi connectivity index (χ2v) is 15.8. The number of ether oxygens (including phenoxy) is 4. The van der Waals surface area contributed by atoms with Gasteiger partial charge in [-0.2, -0.15) is 0 Å². The SMILES string of the molecule is C=C(C)C(=O)OC.C=C(C)C(=O)OCCOC.C=C(C)C(=O)O[Si](C(C)C)(C(C)C)C(C)C.C=CC(=O)OCCCC. The Morgan fingerprint density at radius 3 is 1.38 bits per heavy atom. The molecule has 0 aliphatic carbocycles. The van der Waals surface area contributed by atoms with E-state index in [1.165, 1.54) is 13.2 Å². The second kappa shape index (κ2) is 26.9. The van der Waals surface area contributed by atoms with E-state index < -0.39 is 8.32 Å². The fourth-order valence-corrected chi connectivity index (χ4v) is 8.69. The Kier molecular flexibility index (Phi) is 29.4. The highest BCUT2D eigenvalue weighted by atomic mass is 28.4. The fourth-order valence-electron chi connectivity index (χ4n) is 3.49. The summed E-state index contributed by atoms with van der Waals surface area (Å²) in [6.07, 6.45) is 3.15. The molecule has 0 amide bonds. The van der Waals surface area contributed by atoms with Crippen LogP contribution in [0.1, 0.15) is 82.1 Å². The first-order valence-corrected chi connectivity index (χ1v) is 16.2. The van der Waals surface area contributed by atoms with Gasteiger partial charge < -0.3 is 23.4 Å². The molecule has 9 nitrogen and oxygen atoms in total. The third-order valence-corrected chi connectivity index (χ3v) is 11.6. The lowest BCUT2D eigenvalue weighted by Crippen LogP contribution is -2.49. The molecule has 0 aliphatic heterocycles. The van der Waals surface area contributed by atoms with Crippen LogP contribution < -0.4 is 0 Å². The van der Waals surface area contributed by atoms with E-state index in [0.717, 1.165) is 12.8 Å². The van der Waals surface area contributed by atoms with Crippen LogP contribution in [0.4, 0.5) is 0 Å². The molecule has 0 unspecified atom stereocenters.